The van der Waals surface area contributed by atoms with Gasteiger partial charge in [-0.3, -0.25) is 0 Å². The topological polar surface area (TPSA) is 46.2 Å². The highest BCUT2D eigenvalue weighted by molar-refractivity contribution is 5.08. The number of hydrogen-bond donors (Lipinski definition) is 0. The van der Waals surface area contributed by atoms with Gasteiger partial charge >= 0.3 is 0 Å². The number of ether oxygens (including phenoxy) is 3. The lowest BCUT2D eigenvalue weighted by Gasteiger charge is -2.60. The molecule has 0 aromatic rings. The molecular weight excluding hydrogens is 272 g/mol. The first kappa shape index (κ1) is 14.4. The quantitative estimate of drug-likeness (QED) is 0.697. The average molecular weight is 298 g/mol. The SMILES string of the molecule is CO[C@@H]1O[C@H]2O[C@@]3(C)CC[C@@H]4[C@H](C)CC[C@H]([C@H]1C)[C@@]24OO3. The van der Waals surface area contributed by atoms with E-state index in [0.29, 0.717) is 17.8 Å². The zero-order valence-corrected chi connectivity index (χ0v) is 13.3. The Labute approximate surface area is 126 Å². The molecule has 8 atom stereocenters. The lowest BCUT2D eigenvalue weighted by Crippen LogP contribution is -2.70. The van der Waals surface area contributed by atoms with Gasteiger partial charge in [0.2, 0.25) is 5.79 Å². The molecule has 5 heteroatoms. The Bertz CT molecular complexity index is 429. The first-order valence-corrected chi connectivity index (χ1v) is 8.23. The summed E-state index contributed by atoms with van der Waals surface area (Å²) in [6.45, 7) is 6.46. The number of fused-ring (bicyclic) bond motifs is 2. The molecule has 120 valence electrons. The summed E-state index contributed by atoms with van der Waals surface area (Å²) in [5, 5.41) is 0. The molecule has 4 heterocycles. The molecule has 0 aromatic heterocycles. The van der Waals surface area contributed by atoms with E-state index in [0.717, 1.165) is 19.3 Å². The van der Waals surface area contributed by atoms with Crippen molar-refractivity contribution in [1.29, 1.82) is 0 Å². The van der Waals surface area contributed by atoms with Crippen molar-refractivity contribution in [2.45, 2.75) is 70.4 Å². The maximum absolute atomic E-state index is 6.21. The van der Waals surface area contributed by atoms with Gasteiger partial charge in [-0.1, -0.05) is 13.8 Å². The molecule has 4 aliphatic heterocycles. The molecular formula is C16H26O5. The summed E-state index contributed by atoms with van der Waals surface area (Å²) in [6.07, 6.45) is 3.64. The van der Waals surface area contributed by atoms with Gasteiger partial charge in [-0.25, -0.2) is 9.78 Å². The molecule has 0 unspecified atom stereocenters. The molecule has 5 aliphatic rings. The maximum atomic E-state index is 6.21. The van der Waals surface area contributed by atoms with E-state index in [1.54, 1.807) is 7.11 Å². The van der Waals surface area contributed by atoms with Crippen molar-refractivity contribution in [1.82, 2.24) is 0 Å². The van der Waals surface area contributed by atoms with E-state index in [9.17, 15) is 0 Å². The zero-order chi connectivity index (χ0) is 14.8. The minimum Gasteiger partial charge on any atom is -0.355 e. The van der Waals surface area contributed by atoms with Gasteiger partial charge in [-0.05, 0) is 38.0 Å². The van der Waals surface area contributed by atoms with E-state index in [1.165, 1.54) is 6.42 Å². The van der Waals surface area contributed by atoms with Gasteiger partial charge in [0.05, 0.1) is 0 Å². The fourth-order valence-electron chi connectivity index (χ4n) is 5.14. The summed E-state index contributed by atoms with van der Waals surface area (Å²) in [5.74, 6) is 0.953. The van der Waals surface area contributed by atoms with Gasteiger partial charge in [-0.2, -0.15) is 0 Å². The number of methoxy groups -OCH3 is 1. The monoisotopic (exact) mass is 298 g/mol. The van der Waals surface area contributed by atoms with Crippen molar-refractivity contribution in [2.24, 2.45) is 23.7 Å². The van der Waals surface area contributed by atoms with Crippen molar-refractivity contribution in [2.75, 3.05) is 7.11 Å². The minimum absolute atomic E-state index is 0.230. The van der Waals surface area contributed by atoms with Crippen LogP contribution >= 0.6 is 0 Å². The van der Waals surface area contributed by atoms with E-state index >= 15 is 0 Å². The highest BCUT2D eigenvalue weighted by Gasteiger charge is 2.69. The van der Waals surface area contributed by atoms with Crippen LogP contribution in [0.4, 0.5) is 0 Å². The van der Waals surface area contributed by atoms with E-state index < -0.39 is 17.7 Å². The van der Waals surface area contributed by atoms with Crippen LogP contribution in [0.15, 0.2) is 0 Å². The third-order valence-corrected chi connectivity index (χ3v) is 6.33. The molecule has 1 spiro atoms. The Balaban J connectivity index is 1.79. The van der Waals surface area contributed by atoms with Crippen LogP contribution in [0.1, 0.15) is 46.5 Å². The molecule has 0 radical (unpaired) electrons. The minimum atomic E-state index is -0.698. The summed E-state index contributed by atoms with van der Waals surface area (Å²) in [7, 11) is 1.70. The molecule has 5 rings (SSSR count). The van der Waals surface area contributed by atoms with Crippen LogP contribution in [0.3, 0.4) is 0 Å². The van der Waals surface area contributed by atoms with Crippen molar-refractivity contribution >= 4 is 0 Å². The van der Waals surface area contributed by atoms with Crippen LogP contribution in [0.25, 0.3) is 0 Å². The number of hydrogen-bond acceptors (Lipinski definition) is 5. The zero-order valence-electron chi connectivity index (χ0n) is 13.3. The average Bonchev–Trinajstić information content (AvgIpc) is 2.69. The third-order valence-electron chi connectivity index (χ3n) is 6.33. The second-order valence-corrected chi connectivity index (χ2v) is 7.51. The fourth-order valence-corrected chi connectivity index (χ4v) is 5.14. The lowest BCUT2D eigenvalue weighted by atomic mass is 9.58. The summed E-state index contributed by atoms with van der Waals surface area (Å²) in [6, 6.07) is 0. The van der Waals surface area contributed by atoms with Crippen LogP contribution in [0.2, 0.25) is 0 Å². The Morgan fingerprint density at radius 3 is 2.62 bits per heavy atom. The molecule has 0 amide bonds. The molecule has 21 heavy (non-hydrogen) atoms. The lowest BCUT2D eigenvalue weighted by molar-refractivity contribution is -0.577. The smallest absolute Gasteiger partial charge is 0.201 e. The normalized spacial score (nSPS) is 59.4. The van der Waals surface area contributed by atoms with Crippen LogP contribution in [-0.2, 0) is 24.0 Å². The summed E-state index contributed by atoms with van der Waals surface area (Å²) in [5.41, 5.74) is -0.470. The summed E-state index contributed by atoms with van der Waals surface area (Å²) in [4.78, 5) is 11.8. The standard InChI is InChI=1S/C16H26O5/c1-9-5-6-12-10(2)13(17-4)18-14-16(12)11(9)7-8-15(3,19-14)20-21-16/h9-14H,5-8H2,1-4H3/t9-,10-,11-,12-,13-,14+,15-,16-/m1/s1. The van der Waals surface area contributed by atoms with Crippen LogP contribution in [0.5, 0.6) is 0 Å². The summed E-state index contributed by atoms with van der Waals surface area (Å²) >= 11 is 0. The molecule has 0 aromatic carbocycles. The highest BCUT2D eigenvalue weighted by Crippen LogP contribution is 2.60. The molecule has 2 bridgehead atoms. The molecule has 4 saturated heterocycles. The van der Waals surface area contributed by atoms with E-state index in [4.69, 9.17) is 24.0 Å². The molecule has 5 nitrogen and oxygen atoms in total. The predicted octanol–water partition coefficient (Wildman–Crippen LogP) is 2.84. The Morgan fingerprint density at radius 1 is 1.05 bits per heavy atom. The maximum Gasteiger partial charge on any atom is 0.201 e. The van der Waals surface area contributed by atoms with E-state index in [1.807, 2.05) is 6.92 Å². The van der Waals surface area contributed by atoms with Gasteiger partial charge in [0.25, 0.3) is 0 Å². The summed E-state index contributed by atoms with van der Waals surface area (Å²) < 4.78 is 17.9. The van der Waals surface area contributed by atoms with E-state index in [-0.39, 0.29) is 12.2 Å². The van der Waals surface area contributed by atoms with Gasteiger partial charge in [0.15, 0.2) is 18.2 Å². The Hall–Kier alpha value is -0.200. The Kier molecular flexibility index (Phi) is 3.19. The molecule has 1 aliphatic carbocycles. The van der Waals surface area contributed by atoms with Gasteiger partial charge < -0.3 is 14.2 Å². The first-order chi connectivity index (χ1) is 10.00. The first-order valence-electron chi connectivity index (χ1n) is 8.23. The van der Waals surface area contributed by atoms with Crippen molar-refractivity contribution in [3.63, 3.8) is 0 Å². The molecule has 0 N–H and O–H groups in total. The van der Waals surface area contributed by atoms with Crippen LogP contribution < -0.4 is 0 Å². The second kappa shape index (κ2) is 4.65. The Morgan fingerprint density at radius 2 is 1.86 bits per heavy atom. The van der Waals surface area contributed by atoms with Crippen molar-refractivity contribution in [3.05, 3.63) is 0 Å². The molecule has 1 saturated carbocycles. The van der Waals surface area contributed by atoms with Crippen molar-refractivity contribution < 1.29 is 24.0 Å². The molecule has 5 fully saturated rings. The van der Waals surface area contributed by atoms with Gasteiger partial charge in [0, 0.05) is 25.4 Å². The van der Waals surface area contributed by atoms with Crippen LogP contribution in [0, 0.1) is 23.7 Å². The van der Waals surface area contributed by atoms with Gasteiger partial charge in [-0.15, -0.1) is 0 Å². The van der Waals surface area contributed by atoms with Crippen molar-refractivity contribution in [3.8, 4) is 0 Å². The van der Waals surface area contributed by atoms with Gasteiger partial charge in [0.1, 0.15) is 0 Å². The predicted molar refractivity (Wildman–Crippen MR) is 73.8 cm³/mol. The van der Waals surface area contributed by atoms with E-state index in [2.05, 4.69) is 13.8 Å². The second-order valence-electron chi connectivity index (χ2n) is 7.51. The number of rotatable bonds is 1. The highest BCUT2D eigenvalue weighted by atomic mass is 17.3. The fraction of sp³-hybridized carbons (Fsp3) is 1.00. The third kappa shape index (κ3) is 1.81. The van der Waals surface area contributed by atoms with Crippen LogP contribution in [-0.4, -0.2) is 31.1 Å². The largest absolute Gasteiger partial charge is 0.355 e.